The number of aromatic nitrogens is 2. The molecule has 2 unspecified atom stereocenters. The first kappa shape index (κ1) is 16.2. The number of ether oxygens (including phenoxy) is 1. The molecule has 0 radical (unpaired) electrons. The minimum atomic E-state index is 0.251. The Morgan fingerprint density at radius 1 is 1.33 bits per heavy atom. The zero-order valence-corrected chi connectivity index (χ0v) is 15.1. The number of thioether (sulfide) groups is 1. The highest BCUT2D eigenvalue weighted by molar-refractivity contribution is 8.00. The van der Waals surface area contributed by atoms with E-state index in [0.717, 1.165) is 22.0 Å². The lowest BCUT2D eigenvalue weighted by Gasteiger charge is -2.36. The van der Waals surface area contributed by atoms with Gasteiger partial charge in [-0.25, -0.2) is 0 Å². The van der Waals surface area contributed by atoms with Gasteiger partial charge in [-0.2, -0.15) is 0 Å². The molecule has 0 aliphatic carbocycles. The van der Waals surface area contributed by atoms with Crippen LogP contribution in [-0.4, -0.2) is 39.5 Å². The van der Waals surface area contributed by atoms with Crippen LogP contribution >= 0.6 is 23.4 Å². The number of hydrogen-bond donors (Lipinski definition) is 0. The minimum Gasteiger partial charge on any atom is -0.484 e. The van der Waals surface area contributed by atoms with E-state index in [0.29, 0.717) is 16.9 Å². The number of nitrogens with zero attached hydrogens (tertiary/aromatic N) is 3. The zero-order chi connectivity index (χ0) is 16.5. The molecule has 24 heavy (non-hydrogen) atoms. The van der Waals surface area contributed by atoms with Crippen LogP contribution in [0.3, 0.4) is 0 Å². The number of fused-ring (bicyclic) bond motifs is 2. The molecule has 2 fully saturated rings. The fourth-order valence-corrected chi connectivity index (χ4v) is 5.33. The quantitative estimate of drug-likeness (QED) is 0.797. The number of piperidine rings is 1. The maximum absolute atomic E-state index is 6.46. The van der Waals surface area contributed by atoms with Gasteiger partial charge in [-0.15, -0.1) is 22.0 Å². The SMILES string of the molecule is CN1C2CCC1CC(Sc1ccc(OCc3nnco3)cc1Cl)C2. The van der Waals surface area contributed by atoms with Gasteiger partial charge in [-0.3, -0.25) is 0 Å². The van der Waals surface area contributed by atoms with Crippen molar-refractivity contribution in [1.82, 2.24) is 15.1 Å². The zero-order valence-electron chi connectivity index (χ0n) is 13.5. The van der Waals surface area contributed by atoms with Gasteiger partial charge in [0.25, 0.3) is 5.89 Å². The van der Waals surface area contributed by atoms with E-state index in [1.807, 2.05) is 23.9 Å². The van der Waals surface area contributed by atoms with Gasteiger partial charge in [0, 0.05) is 22.2 Å². The lowest BCUT2D eigenvalue weighted by atomic mass is 10.0. The topological polar surface area (TPSA) is 51.4 Å². The molecule has 2 saturated heterocycles. The van der Waals surface area contributed by atoms with Crippen LogP contribution in [0.25, 0.3) is 0 Å². The van der Waals surface area contributed by atoms with E-state index >= 15 is 0 Å². The fraction of sp³-hybridized carbons (Fsp3) is 0.529. The largest absolute Gasteiger partial charge is 0.484 e. The maximum atomic E-state index is 6.46. The summed E-state index contributed by atoms with van der Waals surface area (Å²) in [6.45, 7) is 0.251. The minimum absolute atomic E-state index is 0.251. The molecular weight excluding hydrogens is 346 g/mol. The molecule has 0 spiro atoms. The second kappa shape index (κ2) is 6.94. The molecule has 1 aromatic heterocycles. The Kier molecular flexibility index (Phi) is 4.70. The summed E-state index contributed by atoms with van der Waals surface area (Å²) in [4.78, 5) is 3.70. The van der Waals surface area contributed by atoms with Crippen molar-refractivity contribution in [2.24, 2.45) is 0 Å². The molecule has 2 aliphatic heterocycles. The van der Waals surface area contributed by atoms with Crippen LogP contribution in [0.15, 0.2) is 33.9 Å². The molecule has 2 atom stereocenters. The van der Waals surface area contributed by atoms with Crippen LogP contribution in [0.1, 0.15) is 31.6 Å². The molecule has 0 saturated carbocycles. The van der Waals surface area contributed by atoms with Gasteiger partial charge >= 0.3 is 0 Å². The summed E-state index contributed by atoms with van der Waals surface area (Å²) in [5.41, 5.74) is 0. The molecule has 1 aromatic carbocycles. The Hall–Kier alpha value is -1.24. The van der Waals surface area contributed by atoms with E-state index < -0.39 is 0 Å². The van der Waals surface area contributed by atoms with Crippen LogP contribution in [0.2, 0.25) is 5.02 Å². The first-order chi connectivity index (χ1) is 11.7. The van der Waals surface area contributed by atoms with Crippen molar-refractivity contribution in [2.75, 3.05) is 7.05 Å². The highest BCUT2D eigenvalue weighted by Crippen LogP contribution is 2.43. The van der Waals surface area contributed by atoms with Gasteiger partial charge in [-0.05, 0) is 50.9 Å². The van der Waals surface area contributed by atoms with E-state index in [9.17, 15) is 0 Å². The van der Waals surface area contributed by atoms with Crippen molar-refractivity contribution in [1.29, 1.82) is 0 Å². The van der Waals surface area contributed by atoms with E-state index in [-0.39, 0.29) is 6.61 Å². The molecule has 2 aromatic rings. The smallest absolute Gasteiger partial charge is 0.253 e. The Morgan fingerprint density at radius 2 is 2.12 bits per heavy atom. The third-order valence-corrected chi connectivity index (χ3v) is 6.77. The summed E-state index contributed by atoms with van der Waals surface area (Å²) < 4.78 is 10.7. The highest BCUT2D eigenvalue weighted by atomic mass is 35.5. The lowest BCUT2D eigenvalue weighted by Crippen LogP contribution is -2.40. The van der Waals surface area contributed by atoms with Crippen LogP contribution in [0.4, 0.5) is 0 Å². The van der Waals surface area contributed by atoms with Crippen molar-refractivity contribution < 1.29 is 9.15 Å². The maximum Gasteiger partial charge on any atom is 0.253 e. The fourth-order valence-electron chi connectivity index (χ4n) is 3.71. The van der Waals surface area contributed by atoms with Crippen molar-refractivity contribution in [3.05, 3.63) is 35.5 Å². The first-order valence-corrected chi connectivity index (χ1v) is 9.51. The summed E-state index contributed by atoms with van der Waals surface area (Å²) in [7, 11) is 2.27. The molecule has 2 bridgehead atoms. The van der Waals surface area contributed by atoms with Crippen LogP contribution < -0.4 is 4.74 Å². The Balaban J connectivity index is 1.37. The number of benzene rings is 1. The molecule has 0 amide bonds. The molecule has 7 heteroatoms. The summed E-state index contributed by atoms with van der Waals surface area (Å²) in [5, 5.41) is 8.82. The molecule has 0 N–H and O–H groups in total. The van der Waals surface area contributed by atoms with Crippen molar-refractivity contribution in [2.45, 2.75) is 54.5 Å². The van der Waals surface area contributed by atoms with Crippen LogP contribution in [-0.2, 0) is 6.61 Å². The normalized spacial score (nSPS) is 26.7. The molecule has 5 nitrogen and oxygen atoms in total. The summed E-state index contributed by atoms with van der Waals surface area (Å²) in [5.74, 6) is 1.16. The molecule has 4 rings (SSSR count). The second-order valence-electron chi connectivity index (χ2n) is 6.48. The Morgan fingerprint density at radius 3 is 2.79 bits per heavy atom. The van der Waals surface area contributed by atoms with E-state index in [1.165, 1.54) is 32.1 Å². The summed E-state index contributed by atoms with van der Waals surface area (Å²) in [6, 6.07) is 7.36. The third kappa shape index (κ3) is 3.41. The summed E-state index contributed by atoms with van der Waals surface area (Å²) in [6.07, 6.45) is 6.48. The average molecular weight is 366 g/mol. The predicted molar refractivity (Wildman–Crippen MR) is 93.5 cm³/mol. The lowest BCUT2D eigenvalue weighted by molar-refractivity contribution is 0.183. The van der Waals surface area contributed by atoms with Crippen molar-refractivity contribution >= 4 is 23.4 Å². The van der Waals surface area contributed by atoms with E-state index in [1.54, 1.807) is 0 Å². The van der Waals surface area contributed by atoms with Crippen molar-refractivity contribution in [3.63, 3.8) is 0 Å². The number of halogens is 1. The Bertz CT molecular complexity index is 683. The molecular formula is C17H20ClN3O2S. The second-order valence-corrected chi connectivity index (χ2v) is 8.22. The van der Waals surface area contributed by atoms with Gasteiger partial charge in [0.05, 0.1) is 5.02 Å². The number of rotatable bonds is 5. The Labute approximate surface area is 150 Å². The monoisotopic (exact) mass is 365 g/mol. The van der Waals surface area contributed by atoms with Crippen LogP contribution in [0, 0.1) is 0 Å². The standard InChI is InChI=1S/C17H20ClN3O2S/c1-21-11-2-3-12(21)7-14(6-11)24-16-5-4-13(8-15(16)18)22-9-17-20-19-10-23-17/h4-5,8,10-12,14H,2-3,6-7,9H2,1H3. The van der Waals surface area contributed by atoms with Crippen molar-refractivity contribution in [3.8, 4) is 5.75 Å². The van der Waals surface area contributed by atoms with Gasteiger partial charge in [0.15, 0.2) is 6.61 Å². The molecule has 3 heterocycles. The predicted octanol–water partition coefficient (Wildman–Crippen LogP) is 4.02. The van der Waals surface area contributed by atoms with Gasteiger partial charge in [-0.1, -0.05) is 11.6 Å². The van der Waals surface area contributed by atoms with E-state index in [4.69, 9.17) is 20.8 Å². The highest BCUT2D eigenvalue weighted by Gasteiger charge is 2.38. The molecule has 128 valence electrons. The summed E-state index contributed by atoms with van der Waals surface area (Å²) >= 11 is 8.37. The van der Waals surface area contributed by atoms with E-state index in [2.05, 4.69) is 28.2 Å². The van der Waals surface area contributed by atoms with Gasteiger partial charge < -0.3 is 14.1 Å². The third-order valence-electron chi connectivity index (χ3n) is 5.02. The van der Waals surface area contributed by atoms with Gasteiger partial charge in [0.1, 0.15) is 5.75 Å². The van der Waals surface area contributed by atoms with Gasteiger partial charge in [0.2, 0.25) is 6.39 Å². The molecule has 2 aliphatic rings. The first-order valence-electron chi connectivity index (χ1n) is 8.25. The van der Waals surface area contributed by atoms with Crippen LogP contribution in [0.5, 0.6) is 5.75 Å². The average Bonchev–Trinajstić information content (AvgIpc) is 3.14. The number of hydrogen-bond acceptors (Lipinski definition) is 6.